The lowest BCUT2D eigenvalue weighted by Gasteiger charge is -2.12. The van der Waals surface area contributed by atoms with Crippen LogP contribution in [0.15, 0.2) is 30.3 Å². The zero-order valence-electron chi connectivity index (χ0n) is 10.6. The molecule has 2 N–H and O–H groups in total. The number of ether oxygens (including phenoxy) is 2. The van der Waals surface area contributed by atoms with Gasteiger partial charge in [0, 0.05) is 6.61 Å². The minimum Gasteiger partial charge on any atom is -0.379 e. The van der Waals surface area contributed by atoms with Gasteiger partial charge in [-0.3, -0.25) is 0 Å². The zero-order valence-corrected chi connectivity index (χ0v) is 10.6. The molecule has 0 aliphatic heterocycles. The van der Waals surface area contributed by atoms with E-state index < -0.39 is 0 Å². The normalized spacial score (nSPS) is 12.6. The molecule has 0 amide bonds. The Kier molecular flexibility index (Phi) is 7.63. The molecule has 0 bridgehead atoms. The molecule has 3 nitrogen and oxygen atoms in total. The molecule has 0 spiro atoms. The predicted octanol–water partition coefficient (Wildman–Crippen LogP) is 2.52. The van der Waals surface area contributed by atoms with Crippen LogP contribution in [0, 0.1) is 0 Å². The highest BCUT2D eigenvalue weighted by Crippen LogP contribution is 2.09. The molecule has 0 heterocycles. The van der Waals surface area contributed by atoms with Crippen molar-refractivity contribution in [3.63, 3.8) is 0 Å². The van der Waals surface area contributed by atoms with E-state index in [0.717, 1.165) is 18.6 Å². The van der Waals surface area contributed by atoms with Gasteiger partial charge in [0.2, 0.25) is 0 Å². The summed E-state index contributed by atoms with van der Waals surface area (Å²) >= 11 is 0. The molecule has 1 aromatic carbocycles. The molecule has 3 heteroatoms. The topological polar surface area (TPSA) is 44.5 Å². The Bertz CT molecular complexity index is 277. The van der Waals surface area contributed by atoms with Crippen LogP contribution in [0.5, 0.6) is 0 Å². The number of benzene rings is 1. The maximum absolute atomic E-state index is 5.99. The van der Waals surface area contributed by atoms with Crippen molar-refractivity contribution >= 4 is 0 Å². The number of hydrogen-bond donors (Lipinski definition) is 1. The number of unbranched alkanes of at least 4 members (excludes halogenated alkanes) is 1. The van der Waals surface area contributed by atoms with Crippen LogP contribution >= 0.6 is 0 Å². The van der Waals surface area contributed by atoms with Crippen molar-refractivity contribution < 1.29 is 9.47 Å². The van der Waals surface area contributed by atoms with Crippen LogP contribution in [0.1, 0.15) is 31.4 Å². The van der Waals surface area contributed by atoms with Gasteiger partial charge in [-0.25, -0.2) is 0 Å². The van der Waals surface area contributed by atoms with E-state index in [9.17, 15) is 0 Å². The van der Waals surface area contributed by atoms with Gasteiger partial charge < -0.3 is 15.2 Å². The smallest absolute Gasteiger partial charge is 0.0701 e. The second kappa shape index (κ2) is 9.16. The Labute approximate surface area is 104 Å². The monoisotopic (exact) mass is 237 g/mol. The summed E-state index contributed by atoms with van der Waals surface area (Å²) in [6.07, 6.45) is 2.28. The van der Waals surface area contributed by atoms with Gasteiger partial charge in [0.15, 0.2) is 0 Å². The third-order valence-electron chi connectivity index (χ3n) is 2.54. The lowest BCUT2D eigenvalue weighted by molar-refractivity contribution is 0.0416. The van der Waals surface area contributed by atoms with Gasteiger partial charge in [-0.2, -0.15) is 0 Å². The molecule has 0 aliphatic carbocycles. The van der Waals surface area contributed by atoms with Crippen molar-refractivity contribution in [2.75, 3.05) is 26.4 Å². The summed E-state index contributed by atoms with van der Waals surface area (Å²) < 4.78 is 10.9. The largest absolute Gasteiger partial charge is 0.379 e. The summed E-state index contributed by atoms with van der Waals surface area (Å²) in [5.74, 6) is 0. The highest BCUT2D eigenvalue weighted by Gasteiger charge is 2.04. The number of hydrogen-bond acceptors (Lipinski definition) is 3. The van der Waals surface area contributed by atoms with Crippen LogP contribution < -0.4 is 5.73 Å². The molecular weight excluding hydrogens is 214 g/mol. The molecule has 0 radical (unpaired) electrons. The van der Waals surface area contributed by atoms with Crippen LogP contribution in [0.4, 0.5) is 0 Å². The van der Waals surface area contributed by atoms with Gasteiger partial charge in [0.1, 0.15) is 0 Å². The Morgan fingerprint density at radius 1 is 1.06 bits per heavy atom. The fourth-order valence-corrected chi connectivity index (χ4v) is 1.47. The van der Waals surface area contributed by atoms with E-state index in [2.05, 4.69) is 6.92 Å². The summed E-state index contributed by atoms with van der Waals surface area (Å²) in [6, 6.07) is 9.95. The maximum Gasteiger partial charge on any atom is 0.0701 e. The minimum absolute atomic E-state index is 0.0492. The van der Waals surface area contributed by atoms with Gasteiger partial charge >= 0.3 is 0 Å². The van der Waals surface area contributed by atoms with Crippen molar-refractivity contribution in [2.24, 2.45) is 5.73 Å². The Morgan fingerprint density at radius 3 is 2.47 bits per heavy atom. The van der Waals surface area contributed by atoms with E-state index in [1.807, 2.05) is 30.3 Å². The highest BCUT2D eigenvalue weighted by atomic mass is 16.5. The van der Waals surface area contributed by atoms with Gasteiger partial charge in [-0.05, 0) is 12.0 Å². The highest BCUT2D eigenvalue weighted by molar-refractivity contribution is 5.18. The van der Waals surface area contributed by atoms with E-state index in [1.165, 1.54) is 6.42 Å². The Morgan fingerprint density at radius 2 is 1.76 bits per heavy atom. The summed E-state index contributed by atoms with van der Waals surface area (Å²) in [5, 5.41) is 0. The molecule has 1 rings (SSSR count). The molecule has 0 aliphatic rings. The van der Waals surface area contributed by atoms with E-state index in [-0.39, 0.29) is 6.04 Å². The SMILES string of the molecule is CCCCOCCOCC(N)c1ccccc1. The molecule has 0 saturated carbocycles. The standard InChI is InChI=1S/C14H23NO2/c1-2-3-9-16-10-11-17-12-14(15)13-7-5-4-6-8-13/h4-8,14H,2-3,9-12,15H2,1H3. The lowest BCUT2D eigenvalue weighted by atomic mass is 10.1. The molecule has 0 saturated heterocycles. The number of nitrogens with two attached hydrogens (primary N) is 1. The maximum atomic E-state index is 5.99. The lowest BCUT2D eigenvalue weighted by Crippen LogP contribution is -2.18. The molecule has 1 aromatic rings. The average Bonchev–Trinajstić information content (AvgIpc) is 2.38. The summed E-state index contributed by atoms with van der Waals surface area (Å²) in [5.41, 5.74) is 7.10. The van der Waals surface area contributed by atoms with Crippen molar-refractivity contribution in [3.8, 4) is 0 Å². The quantitative estimate of drug-likeness (QED) is 0.671. The Hall–Kier alpha value is -0.900. The first-order valence-electron chi connectivity index (χ1n) is 6.30. The van der Waals surface area contributed by atoms with Crippen molar-refractivity contribution in [1.29, 1.82) is 0 Å². The minimum atomic E-state index is -0.0492. The fraction of sp³-hybridized carbons (Fsp3) is 0.571. The van der Waals surface area contributed by atoms with Gasteiger partial charge in [0.05, 0.1) is 25.9 Å². The first-order valence-corrected chi connectivity index (χ1v) is 6.30. The van der Waals surface area contributed by atoms with Crippen molar-refractivity contribution in [1.82, 2.24) is 0 Å². The van der Waals surface area contributed by atoms with Crippen LogP contribution in [-0.4, -0.2) is 26.4 Å². The van der Waals surface area contributed by atoms with Gasteiger partial charge in [-0.1, -0.05) is 43.7 Å². The Balaban J connectivity index is 2.03. The zero-order chi connectivity index (χ0) is 12.3. The van der Waals surface area contributed by atoms with Crippen LogP contribution in [-0.2, 0) is 9.47 Å². The molecule has 1 unspecified atom stereocenters. The van der Waals surface area contributed by atoms with Gasteiger partial charge in [-0.15, -0.1) is 0 Å². The third-order valence-corrected chi connectivity index (χ3v) is 2.54. The van der Waals surface area contributed by atoms with Gasteiger partial charge in [0.25, 0.3) is 0 Å². The van der Waals surface area contributed by atoms with Crippen molar-refractivity contribution in [3.05, 3.63) is 35.9 Å². The van der Waals surface area contributed by atoms with E-state index in [0.29, 0.717) is 19.8 Å². The summed E-state index contributed by atoms with van der Waals surface area (Å²) in [7, 11) is 0. The predicted molar refractivity (Wildman–Crippen MR) is 69.9 cm³/mol. The first-order chi connectivity index (χ1) is 8.34. The van der Waals surface area contributed by atoms with Crippen molar-refractivity contribution in [2.45, 2.75) is 25.8 Å². The van der Waals surface area contributed by atoms with E-state index in [4.69, 9.17) is 15.2 Å². The van der Waals surface area contributed by atoms with Crippen LogP contribution in [0.2, 0.25) is 0 Å². The van der Waals surface area contributed by atoms with Crippen LogP contribution in [0.25, 0.3) is 0 Å². The van der Waals surface area contributed by atoms with E-state index >= 15 is 0 Å². The number of rotatable bonds is 9. The molecule has 96 valence electrons. The molecule has 17 heavy (non-hydrogen) atoms. The second-order valence-electron chi connectivity index (χ2n) is 4.06. The summed E-state index contributed by atoms with van der Waals surface area (Å²) in [6.45, 7) is 4.79. The molecule has 0 aromatic heterocycles. The van der Waals surface area contributed by atoms with E-state index in [1.54, 1.807) is 0 Å². The molecule has 1 atom stereocenters. The second-order valence-corrected chi connectivity index (χ2v) is 4.06. The van der Waals surface area contributed by atoms with Crippen LogP contribution in [0.3, 0.4) is 0 Å². The average molecular weight is 237 g/mol. The fourth-order valence-electron chi connectivity index (χ4n) is 1.47. The molecular formula is C14H23NO2. The molecule has 0 fully saturated rings. The first kappa shape index (κ1) is 14.2. The third kappa shape index (κ3) is 6.41. The summed E-state index contributed by atoms with van der Waals surface area (Å²) in [4.78, 5) is 0.